The molecule has 15 heavy (non-hydrogen) atoms. The van der Waals surface area contributed by atoms with Crippen LogP contribution in [-0.4, -0.2) is 21.1 Å². The minimum absolute atomic E-state index is 0.221. The van der Waals surface area contributed by atoms with Crippen molar-refractivity contribution < 1.29 is 9.53 Å². The van der Waals surface area contributed by atoms with Gasteiger partial charge in [0.25, 0.3) is 0 Å². The molecule has 0 radical (unpaired) electrons. The second-order valence-corrected chi connectivity index (χ2v) is 5.43. The third-order valence-electron chi connectivity index (χ3n) is 1.67. The molecule has 0 aliphatic heterocycles. The van der Waals surface area contributed by atoms with Gasteiger partial charge in [-0.2, -0.15) is 0 Å². The first-order chi connectivity index (χ1) is 6.78. The van der Waals surface area contributed by atoms with E-state index in [-0.39, 0.29) is 12.5 Å². The van der Waals surface area contributed by atoms with Gasteiger partial charge in [0.2, 0.25) is 0 Å². The molecule has 0 N–H and O–H groups in total. The number of aryl methyl sites for hydroxylation is 1. The number of nitrogens with zero attached hydrogens (tertiary/aromatic N) is 2. The Bertz CT molecular complexity index is 366. The average molecular weight is 322 g/mol. The largest absolute Gasteiger partial charge is 0.459 e. The molecule has 0 aliphatic carbocycles. The molecule has 0 aromatic carbocycles. The lowest BCUT2D eigenvalue weighted by Gasteiger charge is -2.19. The Morgan fingerprint density at radius 3 is 2.60 bits per heavy atom. The van der Waals surface area contributed by atoms with Crippen molar-refractivity contribution in [1.82, 2.24) is 9.55 Å². The zero-order chi connectivity index (χ0) is 11.6. The van der Waals surface area contributed by atoms with Gasteiger partial charge in [-0.1, -0.05) is 0 Å². The third kappa shape index (κ3) is 4.19. The Morgan fingerprint density at radius 1 is 1.60 bits per heavy atom. The number of halogens is 1. The fourth-order valence-electron chi connectivity index (χ4n) is 1.14. The molecule has 4 nitrogen and oxygen atoms in total. The summed E-state index contributed by atoms with van der Waals surface area (Å²) in [5.74, 6) is 0.588. The Kier molecular flexibility index (Phi) is 3.75. The van der Waals surface area contributed by atoms with Crippen LogP contribution in [-0.2, 0) is 16.1 Å². The van der Waals surface area contributed by atoms with Gasteiger partial charge in [-0.25, -0.2) is 4.98 Å². The van der Waals surface area contributed by atoms with Crippen molar-refractivity contribution in [3.05, 3.63) is 15.7 Å². The summed E-state index contributed by atoms with van der Waals surface area (Å²) in [5, 5.41) is 0. The summed E-state index contributed by atoms with van der Waals surface area (Å²) in [5.41, 5.74) is -0.432. The van der Waals surface area contributed by atoms with Gasteiger partial charge in [0, 0.05) is 6.20 Å². The van der Waals surface area contributed by atoms with E-state index < -0.39 is 5.60 Å². The lowest BCUT2D eigenvalue weighted by Crippen LogP contribution is -2.26. The van der Waals surface area contributed by atoms with E-state index in [2.05, 4.69) is 27.6 Å². The summed E-state index contributed by atoms with van der Waals surface area (Å²) in [7, 11) is 0. The molecule has 0 atom stereocenters. The van der Waals surface area contributed by atoms with Crippen LogP contribution in [0.4, 0.5) is 0 Å². The van der Waals surface area contributed by atoms with E-state index in [0.29, 0.717) is 0 Å². The van der Waals surface area contributed by atoms with Crippen LogP contribution < -0.4 is 0 Å². The summed E-state index contributed by atoms with van der Waals surface area (Å²) < 4.78 is 7.89. The number of carbonyl (C=O) groups excluding carboxylic acids is 1. The Labute approximate surface area is 103 Å². The van der Waals surface area contributed by atoms with Crippen molar-refractivity contribution in [1.29, 1.82) is 0 Å². The van der Waals surface area contributed by atoms with E-state index in [1.807, 2.05) is 33.9 Å². The first-order valence-corrected chi connectivity index (χ1v) is 5.77. The van der Waals surface area contributed by atoms with Crippen LogP contribution in [0.2, 0.25) is 0 Å². The first kappa shape index (κ1) is 12.5. The molecular weight excluding hydrogens is 307 g/mol. The Hall–Kier alpha value is -0.590. The van der Waals surface area contributed by atoms with Gasteiger partial charge < -0.3 is 9.30 Å². The number of rotatable bonds is 2. The highest BCUT2D eigenvalue weighted by Crippen LogP contribution is 2.09. The SMILES string of the molecule is Cc1nc(I)cn1CC(=O)OC(C)(C)C. The predicted molar refractivity (Wildman–Crippen MR) is 65.5 cm³/mol. The average Bonchev–Trinajstić information content (AvgIpc) is 2.25. The number of carbonyl (C=O) groups is 1. The molecule has 0 amide bonds. The highest BCUT2D eigenvalue weighted by molar-refractivity contribution is 14.1. The number of imidazole rings is 1. The van der Waals surface area contributed by atoms with Crippen molar-refractivity contribution in [3.8, 4) is 0 Å². The molecule has 1 heterocycles. The minimum atomic E-state index is -0.432. The molecule has 0 spiro atoms. The molecule has 1 aromatic rings. The van der Waals surface area contributed by atoms with Crippen LogP contribution in [0.15, 0.2) is 6.20 Å². The van der Waals surface area contributed by atoms with E-state index >= 15 is 0 Å². The third-order valence-corrected chi connectivity index (χ3v) is 2.19. The van der Waals surface area contributed by atoms with E-state index in [4.69, 9.17) is 4.74 Å². The van der Waals surface area contributed by atoms with E-state index in [1.165, 1.54) is 0 Å². The Morgan fingerprint density at radius 2 is 2.20 bits per heavy atom. The van der Waals surface area contributed by atoms with Crippen molar-refractivity contribution in [3.63, 3.8) is 0 Å². The molecule has 84 valence electrons. The van der Waals surface area contributed by atoms with Crippen LogP contribution >= 0.6 is 22.6 Å². The molecule has 5 heteroatoms. The van der Waals surface area contributed by atoms with E-state index in [1.54, 1.807) is 4.57 Å². The summed E-state index contributed by atoms with van der Waals surface area (Å²) in [6.45, 7) is 7.66. The van der Waals surface area contributed by atoms with Gasteiger partial charge in [-0.3, -0.25) is 4.79 Å². The maximum absolute atomic E-state index is 11.5. The maximum atomic E-state index is 11.5. The number of ether oxygens (including phenoxy) is 1. The number of aromatic nitrogens is 2. The van der Waals surface area contributed by atoms with Gasteiger partial charge >= 0.3 is 5.97 Å². The van der Waals surface area contributed by atoms with Crippen LogP contribution in [0.1, 0.15) is 26.6 Å². The maximum Gasteiger partial charge on any atom is 0.326 e. The second-order valence-electron chi connectivity index (χ2n) is 4.33. The smallest absolute Gasteiger partial charge is 0.326 e. The predicted octanol–water partition coefficient (Wildman–Crippen LogP) is 2.14. The lowest BCUT2D eigenvalue weighted by atomic mass is 10.2. The van der Waals surface area contributed by atoms with Crippen molar-refractivity contribution >= 4 is 28.6 Å². The molecule has 1 rings (SSSR count). The van der Waals surface area contributed by atoms with Crippen LogP contribution in [0.5, 0.6) is 0 Å². The molecular formula is C10H15IN2O2. The number of esters is 1. The molecule has 0 aliphatic rings. The Balaban J connectivity index is 2.63. The summed E-state index contributed by atoms with van der Waals surface area (Å²) in [6, 6.07) is 0. The number of hydrogen-bond acceptors (Lipinski definition) is 3. The number of hydrogen-bond donors (Lipinski definition) is 0. The lowest BCUT2D eigenvalue weighted by molar-refractivity contribution is -0.155. The summed E-state index contributed by atoms with van der Waals surface area (Å²) >= 11 is 2.12. The quantitative estimate of drug-likeness (QED) is 0.619. The molecule has 0 bridgehead atoms. The molecule has 0 fully saturated rings. The summed E-state index contributed by atoms with van der Waals surface area (Å²) in [4.78, 5) is 15.7. The first-order valence-electron chi connectivity index (χ1n) is 4.69. The second kappa shape index (κ2) is 4.51. The van der Waals surface area contributed by atoms with Gasteiger partial charge in [0.15, 0.2) is 0 Å². The van der Waals surface area contributed by atoms with Crippen LogP contribution in [0, 0.1) is 10.6 Å². The topological polar surface area (TPSA) is 44.1 Å². The molecule has 0 saturated carbocycles. The highest BCUT2D eigenvalue weighted by Gasteiger charge is 2.17. The van der Waals surface area contributed by atoms with E-state index in [0.717, 1.165) is 9.53 Å². The van der Waals surface area contributed by atoms with Crippen molar-refractivity contribution in [2.75, 3.05) is 0 Å². The van der Waals surface area contributed by atoms with Crippen molar-refractivity contribution in [2.45, 2.75) is 39.8 Å². The van der Waals surface area contributed by atoms with Crippen LogP contribution in [0.3, 0.4) is 0 Å². The highest BCUT2D eigenvalue weighted by atomic mass is 127. The molecule has 1 aromatic heterocycles. The van der Waals surface area contributed by atoms with Gasteiger partial charge in [-0.15, -0.1) is 0 Å². The van der Waals surface area contributed by atoms with Gasteiger partial charge in [0.05, 0.1) is 0 Å². The minimum Gasteiger partial charge on any atom is -0.459 e. The molecule has 0 unspecified atom stereocenters. The monoisotopic (exact) mass is 322 g/mol. The summed E-state index contributed by atoms with van der Waals surface area (Å²) in [6.07, 6.45) is 1.83. The molecule has 0 saturated heterocycles. The van der Waals surface area contributed by atoms with Gasteiger partial charge in [0.1, 0.15) is 21.7 Å². The normalized spacial score (nSPS) is 11.5. The van der Waals surface area contributed by atoms with Crippen LogP contribution in [0.25, 0.3) is 0 Å². The fraction of sp³-hybridized carbons (Fsp3) is 0.600. The van der Waals surface area contributed by atoms with E-state index in [9.17, 15) is 4.79 Å². The zero-order valence-corrected chi connectivity index (χ0v) is 11.5. The van der Waals surface area contributed by atoms with Gasteiger partial charge in [-0.05, 0) is 50.3 Å². The van der Waals surface area contributed by atoms with Crippen molar-refractivity contribution in [2.24, 2.45) is 0 Å². The standard InChI is InChI=1S/C10H15IN2O2/c1-7-12-8(11)5-13(7)6-9(14)15-10(2,3)4/h5H,6H2,1-4H3. The zero-order valence-electron chi connectivity index (χ0n) is 9.37. The fourth-order valence-corrected chi connectivity index (χ4v) is 1.83.